The molecule has 0 fully saturated rings. The van der Waals surface area contributed by atoms with Crippen LogP contribution < -0.4 is 5.32 Å². The number of nitrogens with one attached hydrogen (secondary N) is 1. The summed E-state index contributed by atoms with van der Waals surface area (Å²) in [5.74, 6) is 0.0481. The fraction of sp³-hybridized carbons (Fsp3) is 0.947. The number of carbonyl (C=O) groups is 1. The molecule has 0 aliphatic heterocycles. The summed E-state index contributed by atoms with van der Waals surface area (Å²) in [5.41, 5.74) is 0. The van der Waals surface area contributed by atoms with E-state index in [9.17, 15) is 4.79 Å². The molecule has 0 bridgehead atoms. The molecule has 0 aromatic rings. The Bertz CT molecular complexity index is 288. The number of amides is 1. The van der Waals surface area contributed by atoms with Crippen LogP contribution in [0.15, 0.2) is 0 Å². The zero-order chi connectivity index (χ0) is 19.3. The lowest BCUT2D eigenvalue weighted by molar-refractivity contribution is -0.123. The molecular formula is C19H39NO5S. The molecule has 0 aromatic heterocycles. The summed E-state index contributed by atoms with van der Waals surface area (Å²) in [7, 11) is 0. The van der Waals surface area contributed by atoms with E-state index in [1.165, 1.54) is 44.9 Å². The lowest BCUT2D eigenvalue weighted by Crippen LogP contribution is -2.38. The third-order valence-corrected chi connectivity index (χ3v) is 4.23. The minimum absolute atomic E-state index is 0.0222. The normalized spacial score (nSPS) is 12.3. The highest BCUT2D eigenvalue weighted by Gasteiger charge is 2.11. The van der Waals surface area contributed by atoms with E-state index in [4.69, 9.17) is 19.3 Å². The first-order valence-corrected chi connectivity index (χ1v) is 10.7. The van der Waals surface area contributed by atoms with Crippen LogP contribution >= 0.6 is 12.6 Å². The Hall–Kier alpha value is -0.340. The Morgan fingerprint density at radius 1 is 0.923 bits per heavy atom. The molecule has 0 saturated heterocycles. The zero-order valence-corrected chi connectivity index (χ0v) is 17.3. The Morgan fingerprint density at radius 2 is 1.50 bits per heavy atom. The molecule has 7 heteroatoms. The van der Waals surface area contributed by atoms with Crippen LogP contribution in [-0.2, 0) is 19.0 Å². The molecule has 0 spiro atoms. The number of hydrogen-bond acceptors (Lipinski definition) is 6. The van der Waals surface area contributed by atoms with Gasteiger partial charge in [0, 0.05) is 0 Å². The number of carbonyl (C=O) groups excluding carboxylic acids is 1. The van der Waals surface area contributed by atoms with Crippen molar-refractivity contribution in [3.8, 4) is 0 Å². The van der Waals surface area contributed by atoms with Crippen LogP contribution in [0.3, 0.4) is 0 Å². The zero-order valence-electron chi connectivity index (χ0n) is 16.4. The summed E-state index contributed by atoms with van der Waals surface area (Å²) in [4.78, 5) is 11.6. The van der Waals surface area contributed by atoms with Crippen LogP contribution in [0.25, 0.3) is 0 Å². The Balaban J connectivity index is 3.72. The second kappa shape index (κ2) is 21.0. The number of aliphatic hydroxyl groups excluding tert-OH is 1. The van der Waals surface area contributed by atoms with Crippen LogP contribution in [0, 0.1) is 0 Å². The van der Waals surface area contributed by atoms with Gasteiger partial charge in [-0.25, -0.2) is 0 Å². The van der Waals surface area contributed by atoms with Crippen LogP contribution in [0.5, 0.6) is 0 Å². The predicted octanol–water partition coefficient (Wildman–Crippen LogP) is 2.93. The minimum Gasteiger partial charge on any atom is -0.394 e. The van der Waals surface area contributed by atoms with Gasteiger partial charge in [-0.15, -0.1) is 0 Å². The SMILES string of the molecule is CCCCCCCCCCC(NC(=O)CS)OCCOCCOCCO. The fourth-order valence-corrected chi connectivity index (χ4v) is 2.61. The molecule has 2 N–H and O–H groups in total. The van der Waals surface area contributed by atoms with E-state index in [1.54, 1.807) is 0 Å². The number of rotatable bonds is 20. The first-order valence-electron chi connectivity index (χ1n) is 10.0. The lowest BCUT2D eigenvalue weighted by Gasteiger charge is -2.19. The van der Waals surface area contributed by atoms with Gasteiger partial charge >= 0.3 is 0 Å². The van der Waals surface area contributed by atoms with E-state index in [1.807, 2.05) is 0 Å². The van der Waals surface area contributed by atoms with Crippen molar-refractivity contribution in [2.24, 2.45) is 0 Å². The van der Waals surface area contributed by atoms with Crippen molar-refractivity contribution in [1.29, 1.82) is 0 Å². The molecule has 26 heavy (non-hydrogen) atoms. The number of hydrogen-bond donors (Lipinski definition) is 3. The van der Waals surface area contributed by atoms with E-state index in [0.717, 1.165) is 12.8 Å². The van der Waals surface area contributed by atoms with Gasteiger partial charge in [0.2, 0.25) is 5.91 Å². The smallest absolute Gasteiger partial charge is 0.231 e. The van der Waals surface area contributed by atoms with E-state index < -0.39 is 0 Å². The molecule has 0 aliphatic carbocycles. The highest BCUT2D eigenvalue weighted by atomic mass is 32.1. The van der Waals surface area contributed by atoms with Gasteiger partial charge < -0.3 is 24.6 Å². The molecule has 6 nitrogen and oxygen atoms in total. The van der Waals surface area contributed by atoms with Gasteiger partial charge in [-0.2, -0.15) is 12.6 Å². The largest absolute Gasteiger partial charge is 0.394 e. The van der Waals surface area contributed by atoms with Gasteiger partial charge in [0.15, 0.2) is 0 Å². The standard InChI is InChI=1S/C19H39NO5S/c1-2-3-4-5-6-7-8-9-10-19(20-18(22)17-26)25-16-15-24-14-13-23-12-11-21/h19,21,26H,2-17H2,1H3,(H,20,22). The molecule has 0 rings (SSSR count). The molecule has 1 unspecified atom stereocenters. The molecule has 0 aromatic carbocycles. The van der Waals surface area contributed by atoms with Crippen molar-refractivity contribution in [3.63, 3.8) is 0 Å². The second-order valence-corrected chi connectivity index (χ2v) is 6.61. The van der Waals surface area contributed by atoms with E-state index in [2.05, 4.69) is 24.9 Å². The minimum atomic E-state index is -0.274. The highest BCUT2D eigenvalue weighted by molar-refractivity contribution is 7.81. The molecule has 0 heterocycles. The monoisotopic (exact) mass is 393 g/mol. The van der Waals surface area contributed by atoms with Gasteiger partial charge in [0.05, 0.1) is 45.4 Å². The van der Waals surface area contributed by atoms with Crippen LogP contribution in [0.4, 0.5) is 0 Å². The Labute approximate surface area is 164 Å². The number of aliphatic hydroxyl groups is 1. The number of unbranched alkanes of at least 4 members (excludes halogenated alkanes) is 7. The first kappa shape index (κ1) is 25.7. The summed E-state index contributed by atoms with van der Waals surface area (Å²) in [6.07, 6.45) is 10.6. The van der Waals surface area contributed by atoms with Crippen molar-refractivity contribution in [2.75, 3.05) is 45.4 Å². The van der Waals surface area contributed by atoms with E-state index >= 15 is 0 Å². The van der Waals surface area contributed by atoms with Crippen molar-refractivity contribution in [1.82, 2.24) is 5.32 Å². The van der Waals surface area contributed by atoms with Gasteiger partial charge in [-0.1, -0.05) is 51.9 Å². The Kier molecular flexibility index (Phi) is 20.7. The predicted molar refractivity (Wildman–Crippen MR) is 108 cm³/mol. The van der Waals surface area contributed by atoms with Crippen molar-refractivity contribution < 1.29 is 24.1 Å². The summed E-state index contributed by atoms with van der Waals surface area (Å²) in [6.45, 7) is 4.38. The fourth-order valence-electron chi connectivity index (χ4n) is 2.52. The maximum Gasteiger partial charge on any atom is 0.231 e. The summed E-state index contributed by atoms with van der Waals surface area (Å²) >= 11 is 4.00. The van der Waals surface area contributed by atoms with Gasteiger partial charge in [-0.05, 0) is 12.8 Å². The van der Waals surface area contributed by atoms with Crippen molar-refractivity contribution in [2.45, 2.75) is 70.9 Å². The highest BCUT2D eigenvalue weighted by Crippen LogP contribution is 2.11. The summed E-state index contributed by atoms with van der Waals surface area (Å²) in [6, 6.07) is 0. The van der Waals surface area contributed by atoms with E-state index in [0.29, 0.717) is 33.0 Å². The summed E-state index contributed by atoms with van der Waals surface area (Å²) < 4.78 is 16.2. The summed E-state index contributed by atoms with van der Waals surface area (Å²) in [5, 5.41) is 11.4. The third kappa shape index (κ3) is 18.5. The topological polar surface area (TPSA) is 77.0 Å². The van der Waals surface area contributed by atoms with Crippen LogP contribution in [0.1, 0.15) is 64.7 Å². The van der Waals surface area contributed by atoms with Gasteiger partial charge in [0.1, 0.15) is 6.23 Å². The molecule has 1 atom stereocenters. The van der Waals surface area contributed by atoms with Gasteiger partial charge in [0.25, 0.3) is 0 Å². The third-order valence-electron chi connectivity index (χ3n) is 3.94. The quantitative estimate of drug-likeness (QED) is 0.168. The lowest BCUT2D eigenvalue weighted by atomic mass is 10.1. The molecule has 156 valence electrons. The molecule has 0 saturated carbocycles. The van der Waals surface area contributed by atoms with Gasteiger partial charge in [-0.3, -0.25) is 4.79 Å². The maximum absolute atomic E-state index is 11.6. The molecule has 0 radical (unpaired) electrons. The number of ether oxygens (including phenoxy) is 3. The molecule has 1 amide bonds. The Morgan fingerprint density at radius 3 is 2.12 bits per heavy atom. The van der Waals surface area contributed by atoms with Crippen LogP contribution in [-0.4, -0.2) is 62.6 Å². The molecular weight excluding hydrogens is 354 g/mol. The first-order chi connectivity index (χ1) is 12.7. The average Bonchev–Trinajstić information content (AvgIpc) is 2.65. The number of thiol groups is 1. The second-order valence-electron chi connectivity index (χ2n) is 6.30. The molecule has 0 aliphatic rings. The van der Waals surface area contributed by atoms with Crippen molar-refractivity contribution >= 4 is 18.5 Å². The maximum atomic E-state index is 11.6. The van der Waals surface area contributed by atoms with Crippen molar-refractivity contribution in [3.05, 3.63) is 0 Å². The average molecular weight is 394 g/mol. The van der Waals surface area contributed by atoms with E-state index in [-0.39, 0.29) is 24.5 Å². The van der Waals surface area contributed by atoms with Crippen LogP contribution in [0.2, 0.25) is 0 Å².